The molecule has 0 heterocycles. The lowest BCUT2D eigenvalue weighted by atomic mass is 10.1. The summed E-state index contributed by atoms with van der Waals surface area (Å²) in [6.07, 6.45) is 1.79. The molecule has 5 nitrogen and oxygen atoms in total. The zero-order valence-electron chi connectivity index (χ0n) is 10.3. The lowest BCUT2D eigenvalue weighted by molar-refractivity contribution is -0.137. The zero-order valence-corrected chi connectivity index (χ0v) is 11.1. The Kier molecular flexibility index (Phi) is 5.41. The van der Waals surface area contributed by atoms with E-state index in [1.165, 1.54) is 6.26 Å². The molecule has 0 aromatic carbocycles. The Balaban J connectivity index is 4.10. The van der Waals surface area contributed by atoms with Gasteiger partial charge in [-0.3, -0.25) is 4.79 Å². The number of hydrogen-bond acceptors (Lipinski definition) is 4. The fourth-order valence-corrected chi connectivity index (χ4v) is 1.34. The van der Waals surface area contributed by atoms with Gasteiger partial charge in [-0.25, -0.2) is 8.42 Å². The van der Waals surface area contributed by atoms with Crippen LogP contribution >= 0.6 is 0 Å². The van der Waals surface area contributed by atoms with Gasteiger partial charge in [0.15, 0.2) is 9.84 Å². The second-order valence-electron chi connectivity index (χ2n) is 4.75. The maximum Gasteiger partial charge on any atom is 0.303 e. The van der Waals surface area contributed by atoms with E-state index in [0.29, 0.717) is 13.0 Å². The number of hydrogen-bond donors (Lipinski definition) is 2. The van der Waals surface area contributed by atoms with Crippen molar-refractivity contribution in [1.82, 2.24) is 5.32 Å². The fraction of sp³-hybridized carbons (Fsp3) is 0.900. The lowest BCUT2D eigenvalue weighted by Gasteiger charge is -2.25. The number of sulfone groups is 1. The standard InChI is InChI=1S/C10H21NO4S/c1-8(5-6-9(12)13)11-7-10(2,3)16(4,14)15/h8,11H,5-7H2,1-4H3,(H,12,13). The molecule has 0 fully saturated rings. The van der Waals surface area contributed by atoms with Crippen molar-refractivity contribution in [1.29, 1.82) is 0 Å². The normalized spacial score (nSPS) is 14.8. The second-order valence-corrected chi connectivity index (χ2v) is 7.40. The van der Waals surface area contributed by atoms with Crippen LogP contribution in [0.25, 0.3) is 0 Å². The highest BCUT2D eigenvalue weighted by Gasteiger charge is 2.30. The molecule has 0 amide bonds. The van der Waals surface area contributed by atoms with E-state index < -0.39 is 20.6 Å². The van der Waals surface area contributed by atoms with E-state index in [1.807, 2.05) is 6.92 Å². The summed E-state index contributed by atoms with van der Waals surface area (Å²) >= 11 is 0. The molecule has 16 heavy (non-hydrogen) atoms. The molecule has 0 aliphatic rings. The first-order chi connectivity index (χ1) is 7.06. The van der Waals surface area contributed by atoms with Gasteiger partial charge in [0.25, 0.3) is 0 Å². The van der Waals surface area contributed by atoms with E-state index in [0.717, 1.165) is 0 Å². The van der Waals surface area contributed by atoms with Gasteiger partial charge in [-0.15, -0.1) is 0 Å². The Hall–Kier alpha value is -0.620. The zero-order chi connectivity index (χ0) is 13.0. The van der Waals surface area contributed by atoms with E-state index in [-0.39, 0.29) is 12.5 Å². The maximum absolute atomic E-state index is 11.4. The van der Waals surface area contributed by atoms with Crippen LogP contribution in [0.5, 0.6) is 0 Å². The van der Waals surface area contributed by atoms with Gasteiger partial charge in [0.1, 0.15) is 0 Å². The summed E-state index contributed by atoms with van der Waals surface area (Å²) < 4.78 is 22.0. The van der Waals surface area contributed by atoms with Crippen molar-refractivity contribution in [2.24, 2.45) is 0 Å². The Labute approximate surface area is 97.2 Å². The smallest absolute Gasteiger partial charge is 0.303 e. The molecule has 0 aromatic heterocycles. The van der Waals surface area contributed by atoms with Crippen LogP contribution in [0, 0.1) is 0 Å². The van der Waals surface area contributed by atoms with Crippen molar-refractivity contribution in [3.05, 3.63) is 0 Å². The highest BCUT2D eigenvalue weighted by Crippen LogP contribution is 2.14. The molecule has 0 aliphatic carbocycles. The second kappa shape index (κ2) is 5.63. The van der Waals surface area contributed by atoms with Crippen LogP contribution in [-0.4, -0.2) is 43.1 Å². The largest absolute Gasteiger partial charge is 0.481 e. The van der Waals surface area contributed by atoms with Crippen LogP contribution in [0.3, 0.4) is 0 Å². The third kappa shape index (κ3) is 5.46. The summed E-state index contributed by atoms with van der Waals surface area (Å²) in [6.45, 7) is 5.48. The number of nitrogens with one attached hydrogen (secondary N) is 1. The van der Waals surface area contributed by atoms with Crippen LogP contribution in [0.4, 0.5) is 0 Å². The molecule has 0 radical (unpaired) electrons. The summed E-state index contributed by atoms with van der Waals surface area (Å²) in [6, 6.07) is -0.00266. The average Bonchev–Trinajstić information content (AvgIpc) is 2.09. The van der Waals surface area contributed by atoms with Crippen molar-refractivity contribution in [3.63, 3.8) is 0 Å². The van der Waals surface area contributed by atoms with Crippen molar-refractivity contribution >= 4 is 15.8 Å². The molecule has 0 bridgehead atoms. The molecule has 0 saturated heterocycles. The minimum Gasteiger partial charge on any atom is -0.481 e. The molecular weight excluding hydrogens is 230 g/mol. The first-order valence-electron chi connectivity index (χ1n) is 5.21. The molecular formula is C10H21NO4S. The van der Waals surface area contributed by atoms with Crippen molar-refractivity contribution in [2.45, 2.75) is 44.4 Å². The summed E-state index contributed by atoms with van der Waals surface area (Å²) in [5, 5.41) is 11.5. The summed E-state index contributed by atoms with van der Waals surface area (Å²) in [5.74, 6) is -0.837. The SMILES string of the molecule is CC(CCC(=O)O)NCC(C)(C)S(C)(=O)=O. The quantitative estimate of drug-likeness (QED) is 0.694. The number of carbonyl (C=O) groups is 1. The van der Waals surface area contributed by atoms with E-state index in [2.05, 4.69) is 5.32 Å². The van der Waals surface area contributed by atoms with Gasteiger partial charge in [0.2, 0.25) is 0 Å². The number of rotatable bonds is 7. The highest BCUT2D eigenvalue weighted by atomic mass is 32.2. The van der Waals surface area contributed by atoms with Crippen LogP contribution < -0.4 is 5.32 Å². The molecule has 0 rings (SSSR count). The number of carboxylic acids is 1. The van der Waals surface area contributed by atoms with Gasteiger partial charge >= 0.3 is 5.97 Å². The first kappa shape index (κ1) is 15.4. The lowest BCUT2D eigenvalue weighted by Crippen LogP contribution is -2.44. The fourth-order valence-electron chi connectivity index (χ4n) is 0.993. The summed E-state index contributed by atoms with van der Waals surface area (Å²) in [7, 11) is -3.11. The van der Waals surface area contributed by atoms with Gasteiger partial charge < -0.3 is 10.4 Å². The van der Waals surface area contributed by atoms with Crippen LogP contribution in [0.15, 0.2) is 0 Å². The highest BCUT2D eigenvalue weighted by molar-refractivity contribution is 7.92. The minimum atomic E-state index is -3.11. The molecule has 0 spiro atoms. The van der Waals surface area contributed by atoms with E-state index in [4.69, 9.17) is 5.11 Å². The monoisotopic (exact) mass is 251 g/mol. The van der Waals surface area contributed by atoms with Crippen molar-refractivity contribution in [2.75, 3.05) is 12.8 Å². The Morgan fingerprint density at radius 3 is 2.31 bits per heavy atom. The Morgan fingerprint density at radius 2 is 1.94 bits per heavy atom. The van der Waals surface area contributed by atoms with E-state index in [9.17, 15) is 13.2 Å². The minimum absolute atomic E-state index is 0.00266. The maximum atomic E-state index is 11.4. The molecule has 0 aliphatic heterocycles. The van der Waals surface area contributed by atoms with Crippen molar-refractivity contribution in [3.8, 4) is 0 Å². The third-order valence-corrected chi connectivity index (χ3v) is 4.82. The predicted octanol–water partition coefficient (Wildman–Crippen LogP) is 0.653. The molecule has 0 saturated carbocycles. The Bertz CT molecular complexity index is 335. The molecule has 6 heteroatoms. The average molecular weight is 251 g/mol. The molecule has 2 N–H and O–H groups in total. The first-order valence-corrected chi connectivity index (χ1v) is 7.10. The van der Waals surface area contributed by atoms with Gasteiger partial charge in [-0.2, -0.15) is 0 Å². The number of carboxylic acid groups (broad SMARTS) is 1. The van der Waals surface area contributed by atoms with Crippen LogP contribution in [0.2, 0.25) is 0 Å². The summed E-state index contributed by atoms with van der Waals surface area (Å²) in [5.41, 5.74) is 0. The molecule has 96 valence electrons. The predicted molar refractivity (Wildman–Crippen MR) is 63.3 cm³/mol. The molecule has 0 aromatic rings. The Morgan fingerprint density at radius 1 is 1.44 bits per heavy atom. The van der Waals surface area contributed by atoms with Gasteiger partial charge in [0.05, 0.1) is 4.75 Å². The van der Waals surface area contributed by atoms with Gasteiger partial charge in [0, 0.05) is 25.3 Å². The van der Waals surface area contributed by atoms with Crippen molar-refractivity contribution < 1.29 is 18.3 Å². The van der Waals surface area contributed by atoms with Gasteiger partial charge in [-0.05, 0) is 27.2 Å². The van der Waals surface area contributed by atoms with Gasteiger partial charge in [-0.1, -0.05) is 0 Å². The molecule has 1 unspecified atom stereocenters. The number of aliphatic carboxylic acids is 1. The summed E-state index contributed by atoms with van der Waals surface area (Å²) in [4.78, 5) is 10.3. The topological polar surface area (TPSA) is 83.5 Å². The third-order valence-electron chi connectivity index (χ3n) is 2.67. The molecule has 1 atom stereocenters. The van der Waals surface area contributed by atoms with Crippen LogP contribution in [-0.2, 0) is 14.6 Å². The van der Waals surface area contributed by atoms with E-state index in [1.54, 1.807) is 13.8 Å². The van der Waals surface area contributed by atoms with Crippen LogP contribution in [0.1, 0.15) is 33.6 Å². The van der Waals surface area contributed by atoms with E-state index >= 15 is 0 Å².